The minimum absolute atomic E-state index is 0.210. The molecule has 0 atom stereocenters. The van der Waals surface area contributed by atoms with Crippen LogP contribution in [-0.2, 0) is 0 Å². The molecule has 0 spiro atoms. The summed E-state index contributed by atoms with van der Waals surface area (Å²) >= 11 is 3.22. The predicted octanol–water partition coefficient (Wildman–Crippen LogP) is 1.41. The average Bonchev–Trinajstić information content (AvgIpc) is 2.20. The molecular formula is C9H12BrN3O3. The van der Waals surface area contributed by atoms with Gasteiger partial charge in [0.15, 0.2) is 0 Å². The maximum atomic E-state index is 10.5. The molecule has 0 unspecified atom stereocenters. The van der Waals surface area contributed by atoms with Gasteiger partial charge in [-0.1, -0.05) is 0 Å². The Morgan fingerprint density at radius 2 is 2.44 bits per heavy atom. The Kier molecular flexibility index (Phi) is 4.36. The second-order valence-corrected chi connectivity index (χ2v) is 4.02. The number of carbonyl (C=O) groups is 1. The van der Waals surface area contributed by atoms with Gasteiger partial charge in [-0.3, -0.25) is 0 Å². The van der Waals surface area contributed by atoms with E-state index in [1.54, 1.807) is 12.3 Å². The Morgan fingerprint density at radius 3 is 3.00 bits per heavy atom. The van der Waals surface area contributed by atoms with Crippen LogP contribution >= 0.6 is 15.9 Å². The number of likely N-dealkylation sites (N-methyl/N-ethyl adjacent to an activating group) is 1. The van der Waals surface area contributed by atoms with E-state index in [-0.39, 0.29) is 13.2 Å². The molecule has 0 fully saturated rings. The maximum Gasteiger partial charge on any atom is 0.407 e. The number of amides is 1. The third-order valence-electron chi connectivity index (χ3n) is 1.84. The molecular weight excluding hydrogens is 278 g/mol. The summed E-state index contributed by atoms with van der Waals surface area (Å²) in [6.45, 7) is 0.466. The summed E-state index contributed by atoms with van der Waals surface area (Å²) in [6, 6.07) is 1.67. The highest BCUT2D eigenvalue weighted by Crippen LogP contribution is 2.21. The van der Waals surface area contributed by atoms with E-state index >= 15 is 0 Å². The first-order chi connectivity index (χ1) is 7.50. The lowest BCUT2D eigenvalue weighted by molar-refractivity contribution is 0.146. The molecule has 6 nitrogen and oxygen atoms in total. The van der Waals surface area contributed by atoms with E-state index in [1.807, 2.05) is 0 Å². The molecule has 7 heteroatoms. The zero-order valence-corrected chi connectivity index (χ0v) is 10.3. The Morgan fingerprint density at radius 1 is 1.75 bits per heavy atom. The second kappa shape index (κ2) is 5.55. The molecule has 0 saturated carbocycles. The largest absolute Gasteiger partial charge is 0.474 e. The lowest BCUT2D eigenvalue weighted by Crippen LogP contribution is -2.29. The fraction of sp³-hybridized carbons (Fsp3) is 0.333. The van der Waals surface area contributed by atoms with E-state index < -0.39 is 6.09 Å². The fourth-order valence-corrected chi connectivity index (χ4v) is 1.29. The predicted molar refractivity (Wildman–Crippen MR) is 62.5 cm³/mol. The number of nitrogens with zero attached hydrogens (tertiary/aromatic N) is 2. The Labute approximate surface area is 101 Å². The van der Waals surface area contributed by atoms with Crippen molar-refractivity contribution in [2.75, 3.05) is 25.9 Å². The summed E-state index contributed by atoms with van der Waals surface area (Å²) in [5.74, 6) is 0.307. The van der Waals surface area contributed by atoms with Crippen molar-refractivity contribution in [3.63, 3.8) is 0 Å². The summed E-state index contributed by atoms with van der Waals surface area (Å²) in [5.41, 5.74) is 6.06. The van der Waals surface area contributed by atoms with Crippen LogP contribution in [0.5, 0.6) is 5.88 Å². The van der Waals surface area contributed by atoms with E-state index in [4.69, 9.17) is 15.6 Å². The molecule has 0 aliphatic carbocycles. The van der Waals surface area contributed by atoms with Crippen LogP contribution in [0.4, 0.5) is 10.5 Å². The first-order valence-corrected chi connectivity index (χ1v) is 5.28. The summed E-state index contributed by atoms with van der Waals surface area (Å²) in [4.78, 5) is 15.6. The number of nitrogen functional groups attached to an aromatic ring is 1. The lowest BCUT2D eigenvalue weighted by atomic mass is 10.4. The van der Waals surface area contributed by atoms with Crippen molar-refractivity contribution in [1.82, 2.24) is 9.88 Å². The normalized spacial score (nSPS) is 9.88. The van der Waals surface area contributed by atoms with E-state index in [0.29, 0.717) is 11.6 Å². The van der Waals surface area contributed by atoms with Gasteiger partial charge in [-0.15, -0.1) is 0 Å². The molecule has 0 bridgehead atoms. The van der Waals surface area contributed by atoms with Crippen molar-refractivity contribution in [2.45, 2.75) is 0 Å². The zero-order chi connectivity index (χ0) is 12.1. The number of aromatic nitrogens is 1. The zero-order valence-electron chi connectivity index (χ0n) is 8.68. The quantitative estimate of drug-likeness (QED) is 0.875. The molecule has 1 aromatic heterocycles. The van der Waals surface area contributed by atoms with Gasteiger partial charge in [-0.05, 0) is 22.0 Å². The number of halogens is 1. The third kappa shape index (κ3) is 3.58. The van der Waals surface area contributed by atoms with Gasteiger partial charge in [0.2, 0.25) is 5.88 Å². The van der Waals surface area contributed by atoms with Crippen LogP contribution in [-0.4, -0.2) is 41.3 Å². The number of nitrogens with two attached hydrogens (primary N) is 1. The highest BCUT2D eigenvalue weighted by molar-refractivity contribution is 9.10. The van der Waals surface area contributed by atoms with Gasteiger partial charge < -0.3 is 20.5 Å². The van der Waals surface area contributed by atoms with Crippen LogP contribution in [0.3, 0.4) is 0 Å². The Hall–Kier alpha value is -1.50. The van der Waals surface area contributed by atoms with Crippen LogP contribution in [0.25, 0.3) is 0 Å². The smallest absolute Gasteiger partial charge is 0.407 e. The molecule has 0 aromatic carbocycles. The van der Waals surface area contributed by atoms with Crippen LogP contribution in [0, 0.1) is 0 Å². The van der Waals surface area contributed by atoms with Gasteiger partial charge in [0.05, 0.1) is 12.2 Å². The van der Waals surface area contributed by atoms with Crippen LogP contribution in [0.1, 0.15) is 0 Å². The van der Waals surface area contributed by atoms with Gasteiger partial charge in [0.1, 0.15) is 6.61 Å². The van der Waals surface area contributed by atoms with Crippen molar-refractivity contribution >= 4 is 27.7 Å². The van der Waals surface area contributed by atoms with Gasteiger partial charge >= 0.3 is 6.09 Å². The summed E-state index contributed by atoms with van der Waals surface area (Å²) in [6.07, 6.45) is 0.562. The van der Waals surface area contributed by atoms with Crippen molar-refractivity contribution in [2.24, 2.45) is 0 Å². The highest BCUT2D eigenvalue weighted by atomic mass is 79.9. The molecule has 0 aliphatic heterocycles. The summed E-state index contributed by atoms with van der Waals surface area (Å²) in [5, 5.41) is 8.59. The molecule has 0 saturated heterocycles. The standard InChI is InChI=1S/C9H12BrN3O3/c1-13(9(14)15)2-3-16-8-7(11)4-6(10)5-12-8/h4-5H,2-3,11H2,1H3,(H,14,15). The number of ether oxygens (including phenoxy) is 1. The first kappa shape index (κ1) is 12.6. The highest BCUT2D eigenvalue weighted by Gasteiger charge is 2.06. The number of carboxylic acid groups (broad SMARTS) is 1. The number of hydrogen-bond acceptors (Lipinski definition) is 4. The van der Waals surface area contributed by atoms with Gasteiger partial charge in [0, 0.05) is 17.7 Å². The second-order valence-electron chi connectivity index (χ2n) is 3.10. The molecule has 1 rings (SSSR count). The van der Waals surface area contributed by atoms with Crippen LogP contribution < -0.4 is 10.5 Å². The molecule has 1 amide bonds. The van der Waals surface area contributed by atoms with Gasteiger partial charge in [0.25, 0.3) is 0 Å². The summed E-state index contributed by atoms with van der Waals surface area (Å²) < 4.78 is 6.01. The number of hydrogen-bond donors (Lipinski definition) is 2. The molecule has 16 heavy (non-hydrogen) atoms. The molecule has 0 aliphatic rings. The van der Waals surface area contributed by atoms with Crippen LogP contribution in [0.15, 0.2) is 16.7 Å². The lowest BCUT2D eigenvalue weighted by Gasteiger charge is -2.13. The van der Waals surface area contributed by atoms with Crippen molar-refractivity contribution in [1.29, 1.82) is 0 Å². The van der Waals surface area contributed by atoms with E-state index in [0.717, 1.165) is 9.37 Å². The SMILES string of the molecule is CN(CCOc1ncc(Br)cc1N)C(=O)O. The van der Waals surface area contributed by atoms with E-state index in [1.165, 1.54) is 7.05 Å². The first-order valence-electron chi connectivity index (χ1n) is 4.48. The monoisotopic (exact) mass is 289 g/mol. The molecule has 88 valence electrons. The third-order valence-corrected chi connectivity index (χ3v) is 2.27. The molecule has 3 N–H and O–H groups in total. The molecule has 1 aromatic rings. The fourth-order valence-electron chi connectivity index (χ4n) is 0.938. The van der Waals surface area contributed by atoms with E-state index in [9.17, 15) is 4.79 Å². The Bertz CT molecular complexity index is 386. The van der Waals surface area contributed by atoms with Gasteiger partial charge in [-0.2, -0.15) is 0 Å². The van der Waals surface area contributed by atoms with E-state index in [2.05, 4.69) is 20.9 Å². The molecule has 1 heterocycles. The number of pyridine rings is 1. The summed E-state index contributed by atoms with van der Waals surface area (Å²) in [7, 11) is 1.46. The maximum absolute atomic E-state index is 10.5. The van der Waals surface area contributed by atoms with Crippen molar-refractivity contribution < 1.29 is 14.6 Å². The number of anilines is 1. The topological polar surface area (TPSA) is 88.7 Å². The van der Waals surface area contributed by atoms with Crippen molar-refractivity contribution in [3.8, 4) is 5.88 Å². The Balaban J connectivity index is 2.46. The van der Waals surface area contributed by atoms with Crippen molar-refractivity contribution in [3.05, 3.63) is 16.7 Å². The van der Waals surface area contributed by atoms with Gasteiger partial charge in [-0.25, -0.2) is 9.78 Å². The number of rotatable bonds is 4. The minimum atomic E-state index is -1.000. The van der Waals surface area contributed by atoms with Crippen LogP contribution in [0.2, 0.25) is 0 Å². The average molecular weight is 290 g/mol. The molecule has 0 radical (unpaired) electrons. The minimum Gasteiger partial charge on any atom is -0.474 e.